The second-order valence-electron chi connectivity index (χ2n) is 26.4. The maximum absolute atomic E-state index is 6.57. The van der Waals surface area contributed by atoms with Crippen LogP contribution in [0.4, 0.5) is 0 Å². The third-order valence-electron chi connectivity index (χ3n) is 20.8. The van der Waals surface area contributed by atoms with Gasteiger partial charge in [0.2, 0.25) is 22.7 Å². The van der Waals surface area contributed by atoms with E-state index in [4.69, 9.17) is 30.4 Å². The monoisotopic (exact) mass is 1370 g/mol. The minimum atomic E-state index is 0.181. The molecule has 0 saturated heterocycles. The molecule has 24 rings (SSSR count). The molecule has 0 amide bonds. The van der Waals surface area contributed by atoms with Crippen LogP contribution in [-0.2, 0) is 0 Å². The molecule has 0 aliphatic heterocycles. The van der Waals surface area contributed by atoms with Crippen molar-refractivity contribution >= 4 is 227 Å². The van der Waals surface area contributed by atoms with E-state index < -0.39 is 0 Å². The van der Waals surface area contributed by atoms with E-state index >= 15 is 0 Å². The molecule has 8 aromatic heterocycles. The van der Waals surface area contributed by atoms with Crippen LogP contribution in [0.25, 0.3) is 221 Å². The van der Waals surface area contributed by atoms with Gasteiger partial charge in [-0.3, -0.25) is 4.57 Å². The minimum Gasteiger partial charge on any atom is -0.438 e. The number of aromatic amines is 1. The Hall–Kier alpha value is -12.8. The Morgan fingerprint density at radius 1 is 0.311 bits per heavy atom. The average Bonchev–Trinajstić information content (AvgIpc) is 1.55. The summed E-state index contributed by atoms with van der Waals surface area (Å²) in [6.45, 7) is 0. The van der Waals surface area contributed by atoms with E-state index in [0.717, 1.165) is 71.6 Å². The standard InChI is InChI=1S/C46H25N3OS.C24H13ClN2O.C22H13NS/c1-2-12-29-26(11-1)21-22-27-25-28(23-24-30(27)29)42-41-34-16-6-9-19-37(34)50-45(41)48-46(47-42)49-36-18-8-5-15-33(36)39-31-13-3-4-14-32(31)40-35-17-7-10-20-38(35)51-44(40)43(39)49;25-24-26-22(21-19-7-3-4-8-20(19)28-23(21)27-24)16-11-12-18-15(13-16)10-9-14-5-1-2-6-17(14)18;1-2-8-14-13(7-1)19-15-9-3-5-11-17(15)23-21(19)22-20(14)16-10-4-6-12-18(16)24-22/h1-25H;1-13H;1-12,23H. The number of nitrogens with zero attached hydrogens (tertiary/aromatic N) is 5. The summed E-state index contributed by atoms with van der Waals surface area (Å²) >= 11 is 9.95. The van der Waals surface area contributed by atoms with E-state index in [2.05, 4.69) is 286 Å². The lowest BCUT2D eigenvalue weighted by Crippen LogP contribution is -2.03. The van der Waals surface area contributed by atoms with Gasteiger partial charge in [0.15, 0.2) is 0 Å². The van der Waals surface area contributed by atoms with Crippen molar-refractivity contribution in [2.45, 2.75) is 0 Å². The first-order valence-corrected chi connectivity index (χ1v) is 36.4. The zero-order valence-electron chi connectivity index (χ0n) is 54.6. The highest BCUT2D eigenvalue weighted by molar-refractivity contribution is 7.27. The van der Waals surface area contributed by atoms with Gasteiger partial charge in [0.25, 0.3) is 0 Å². The highest BCUT2D eigenvalue weighted by Crippen LogP contribution is 2.50. The molecule has 0 fully saturated rings. The fourth-order valence-electron chi connectivity index (χ4n) is 16.4. The number of fused-ring (bicyclic) bond motifs is 32. The number of aromatic nitrogens is 6. The Morgan fingerprint density at radius 3 is 1.34 bits per heavy atom. The van der Waals surface area contributed by atoms with Gasteiger partial charge in [-0.1, -0.05) is 255 Å². The van der Waals surface area contributed by atoms with E-state index in [1.54, 1.807) is 0 Å². The van der Waals surface area contributed by atoms with E-state index in [1.807, 2.05) is 59.1 Å². The van der Waals surface area contributed by atoms with Crippen molar-refractivity contribution in [1.82, 2.24) is 29.5 Å². The van der Waals surface area contributed by atoms with Gasteiger partial charge in [-0.2, -0.15) is 9.97 Å². The quantitative estimate of drug-likeness (QED) is 0.140. The number of para-hydroxylation sites is 4. The summed E-state index contributed by atoms with van der Waals surface area (Å²) in [5.74, 6) is 0.593. The molecule has 8 heterocycles. The van der Waals surface area contributed by atoms with Crippen LogP contribution in [0.15, 0.2) is 312 Å². The maximum Gasteiger partial charge on any atom is 0.238 e. The molecular formula is C92H51ClN6O2S2. The van der Waals surface area contributed by atoms with Crippen LogP contribution in [0.3, 0.4) is 0 Å². The van der Waals surface area contributed by atoms with Gasteiger partial charge >= 0.3 is 0 Å². The number of H-pyrrole nitrogens is 1. The lowest BCUT2D eigenvalue weighted by Gasteiger charge is -2.12. The number of benzene rings is 16. The van der Waals surface area contributed by atoms with Crippen LogP contribution in [-0.4, -0.2) is 29.5 Å². The van der Waals surface area contributed by atoms with Crippen LogP contribution in [0.1, 0.15) is 0 Å². The van der Waals surface area contributed by atoms with Crippen molar-refractivity contribution in [3.05, 3.63) is 309 Å². The number of rotatable bonds is 3. The largest absolute Gasteiger partial charge is 0.438 e. The Labute approximate surface area is 598 Å². The number of hydrogen-bond donors (Lipinski definition) is 1. The molecule has 8 nitrogen and oxygen atoms in total. The first kappa shape index (κ1) is 58.0. The number of furan rings is 2. The molecule has 0 aliphatic carbocycles. The van der Waals surface area contributed by atoms with Gasteiger partial charge in [0, 0.05) is 79.9 Å². The molecule has 480 valence electrons. The predicted molar refractivity (Wildman–Crippen MR) is 435 cm³/mol. The van der Waals surface area contributed by atoms with Gasteiger partial charge < -0.3 is 13.8 Å². The summed E-state index contributed by atoms with van der Waals surface area (Å²) in [6, 6.07) is 107. The minimum absolute atomic E-state index is 0.181. The van der Waals surface area contributed by atoms with Gasteiger partial charge in [-0.15, -0.1) is 22.7 Å². The molecule has 11 heteroatoms. The fourth-order valence-corrected chi connectivity index (χ4v) is 19.0. The molecule has 24 aromatic rings. The van der Waals surface area contributed by atoms with Crippen LogP contribution >= 0.6 is 34.3 Å². The summed E-state index contributed by atoms with van der Waals surface area (Å²) < 4.78 is 20.0. The summed E-state index contributed by atoms with van der Waals surface area (Å²) in [4.78, 5) is 23.3. The van der Waals surface area contributed by atoms with Crippen molar-refractivity contribution in [2.75, 3.05) is 0 Å². The van der Waals surface area contributed by atoms with Gasteiger partial charge in [0.05, 0.1) is 48.1 Å². The fraction of sp³-hybridized carbons (Fsp3) is 0. The molecule has 1 N–H and O–H groups in total. The molecule has 0 bridgehead atoms. The lowest BCUT2D eigenvalue weighted by molar-refractivity contribution is 0.651. The molecule has 0 spiro atoms. The van der Waals surface area contributed by atoms with Crippen LogP contribution in [0, 0.1) is 0 Å². The molecule has 0 unspecified atom stereocenters. The van der Waals surface area contributed by atoms with Crippen molar-refractivity contribution in [3.8, 4) is 28.5 Å². The maximum atomic E-state index is 6.57. The van der Waals surface area contributed by atoms with Crippen molar-refractivity contribution < 1.29 is 8.83 Å². The summed E-state index contributed by atoms with van der Waals surface area (Å²) in [5.41, 5.74) is 11.0. The van der Waals surface area contributed by atoms with Crippen LogP contribution < -0.4 is 0 Å². The Kier molecular flexibility index (Phi) is 12.7. The second kappa shape index (κ2) is 22.6. The topological polar surface area (TPSA) is 98.6 Å². The molecule has 16 aromatic carbocycles. The van der Waals surface area contributed by atoms with Crippen LogP contribution in [0.5, 0.6) is 0 Å². The normalized spacial score (nSPS) is 12.1. The second-order valence-corrected chi connectivity index (χ2v) is 28.9. The Balaban J connectivity index is 0.000000108. The molecule has 0 atom stereocenters. The smallest absolute Gasteiger partial charge is 0.238 e. The molecule has 103 heavy (non-hydrogen) atoms. The van der Waals surface area contributed by atoms with Gasteiger partial charge in [-0.05, 0) is 125 Å². The van der Waals surface area contributed by atoms with E-state index in [9.17, 15) is 0 Å². The van der Waals surface area contributed by atoms with Crippen molar-refractivity contribution in [2.24, 2.45) is 0 Å². The van der Waals surface area contributed by atoms with E-state index in [1.165, 1.54) is 132 Å². The predicted octanol–water partition coefficient (Wildman–Crippen LogP) is 26.8. The third-order valence-corrected chi connectivity index (χ3v) is 23.4. The van der Waals surface area contributed by atoms with E-state index in [0.29, 0.717) is 17.4 Å². The molecular weight excluding hydrogens is 1320 g/mol. The lowest BCUT2D eigenvalue weighted by atomic mass is 9.98. The zero-order chi connectivity index (χ0) is 67.5. The zero-order valence-corrected chi connectivity index (χ0v) is 57.0. The Bertz CT molecular complexity index is 7640. The number of halogens is 1. The first-order chi connectivity index (χ1) is 51.0. The first-order valence-electron chi connectivity index (χ1n) is 34.4. The number of hydrogen-bond acceptors (Lipinski definition) is 8. The Morgan fingerprint density at radius 2 is 0.738 bits per heavy atom. The van der Waals surface area contributed by atoms with Crippen molar-refractivity contribution in [1.29, 1.82) is 0 Å². The summed E-state index contributed by atoms with van der Waals surface area (Å²) in [7, 11) is 0. The van der Waals surface area contributed by atoms with Crippen LogP contribution in [0.2, 0.25) is 5.28 Å². The van der Waals surface area contributed by atoms with Gasteiger partial charge in [0.1, 0.15) is 11.2 Å². The van der Waals surface area contributed by atoms with Gasteiger partial charge in [-0.25, -0.2) is 9.97 Å². The third kappa shape index (κ3) is 8.82. The SMILES string of the molecule is Clc1nc(-c2ccc3c(ccc4ccccc43)c2)c2c(n1)oc1ccccc12.c1ccc2c(c1)[nH]c1c3sc4ccccc4c3c3ccccc3c21.c1ccc2c(c1)ccc1cc(-c3nc(-n4c5ccccc5c5c6ccccc6c6c7ccccc7sc6c54)nc4oc5ccccc5c34)ccc12. The summed E-state index contributed by atoms with van der Waals surface area (Å²) in [6.07, 6.45) is 0. The summed E-state index contributed by atoms with van der Waals surface area (Å²) in [5, 5.41) is 29.2. The molecule has 0 aliphatic rings. The molecule has 0 radical (unpaired) electrons. The molecule has 0 saturated carbocycles. The highest BCUT2D eigenvalue weighted by atomic mass is 35.5. The average molecular weight is 1370 g/mol. The van der Waals surface area contributed by atoms with E-state index in [-0.39, 0.29) is 5.28 Å². The van der Waals surface area contributed by atoms with Crippen molar-refractivity contribution in [3.63, 3.8) is 0 Å². The highest BCUT2D eigenvalue weighted by Gasteiger charge is 2.27. The number of thiophene rings is 2. The number of nitrogens with one attached hydrogen (secondary N) is 1.